The number of aliphatic hydroxyl groups is 5. The summed E-state index contributed by atoms with van der Waals surface area (Å²) in [4.78, 5) is 26.6. The predicted octanol–water partition coefficient (Wildman–Crippen LogP) is 17.2. The molecular formula is C74H123NO10. The maximum absolute atomic E-state index is 13.5. The van der Waals surface area contributed by atoms with Crippen molar-refractivity contribution >= 4 is 11.9 Å². The van der Waals surface area contributed by atoms with Crippen LogP contribution in [0.1, 0.15) is 258 Å². The second kappa shape index (κ2) is 60.1. The van der Waals surface area contributed by atoms with Crippen LogP contribution in [0.15, 0.2) is 134 Å². The minimum Gasteiger partial charge on any atom is -0.454 e. The molecular weight excluding hydrogens is 1060 g/mol. The van der Waals surface area contributed by atoms with E-state index < -0.39 is 67.4 Å². The molecule has 1 heterocycles. The fraction of sp³-hybridized carbons (Fsp3) is 0.676. The zero-order chi connectivity index (χ0) is 61.7. The molecule has 8 atom stereocenters. The quantitative estimate of drug-likeness (QED) is 0.0195. The first-order valence-electron chi connectivity index (χ1n) is 34.0. The lowest BCUT2D eigenvalue weighted by molar-refractivity contribution is -0.305. The summed E-state index contributed by atoms with van der Waals surface area (Å²) >= 11 is 0. The van der Waals surface area contributed by atoms with Crippen LogP contribution in [0.5, 0.6) is 0 Å². The molecule has 6 N–H and O–H groups in total. The third-order valence-electron chi connectivity index (χ3n) is 15.0. The molecule has 0 aromatic carbocycles. The third-order valence-corrected chi connectivity index (χ3v) is 15.0. The molecule has 11 nitrogen and oxygen atoms in total. The first-order chi connectivity index (χ1) is 41.7. The average Bonchev–Trinajstić information content (AvgIpc) is 3.63. The first kappa shape index (κ1) is 78.8. The van der Waals surface area contributed by atoms with Gasteiger partial charge >= 0.3 is 5.97 Å². The summed E-state index contributed by atoms with van der Waals surface area (Å²) < 4.78 is 17.6. The van der Waals surface area contributed by atoms with Gasteiger partial charge in [0.1, 0.15) is 24.4 Å². The van der Waals surface area contributed by atoms with Gasteiger partial charge in [0.05, 0.1) is 25.4 Å². The van der Waals surface area contributed by atoms with Crippen molar-refractivity contribution in [3.05, 3.63) is 134 Å². The van der Waals surface area contributed by atoms with Crippen LogP contribution >= 0.6 is 0 Å². The van der Waals surface area contributed by atoms with Gasteiger partial charge in [-0.1, -0.05) is 264 Å². The molecule has 1 fully saturated rings. The van der Waals surface area contributed by atoms with Crippen molar-refractivity contribution in [2.75, 3.05) is 13.2 Å². The van der Waals surface area contributed by atoms with Crippen LogP contribution in [-0.4, -0.2) is 99.6 Å². The van der Waals surface area contributed by atoms with Crippen LogP contribution in [0.25, 0.3) is 0 Å². The average molecular weight is 1190 g/mol. The van der Waals surface area contributed by atoms with Crippen LogP contribution in [0, 0.1) is 0 Å². The van der Waals surface area contributed by atoms with Gasteiger partial charge < -0.3 is 45.1 Å². The summed E-state index contributed by atoms with van der Waals surface area (Å²) in [6.45, 7) is 5.62. The second-order valence-electron chi connectivity index (χ2n) is 22.8. The highest BCUT2D eigenvalue weighted by Gasteiger charge is 2.47. The molecule has 0 aliphatic carbocycles. The van der Waals surface area contributed by atoms with Gasteiger partial charge in [0.15, 0.2) is 12.4 Å². The molecule has 484 valence electrons. The van der Waals surface area contributed by atoms with Crippen molar-refractivity contribution < 1.29 is 49.3 Å². The van der Waals surface area contributed by atoms with Crippen LogP contribution in [0.4, 0.5) is 0 Å². The summed E-state index contributed by atoms with van der Waals surface area (Å²) in [6, 6.07) is -1.05. The van der Waals surface area contributed by atoms with E-state index in [1.165, 1.54) is 64.2 Å². The van der Waals surface area contributed by atoms with Crippen LogP contribution < -0.4 is 5.32 Å². The van der Waals surface area contributed by atoms with E-state index in [9.17, 15) is 35.1 Å². The number of allylic oxidation sites excluding steroid dienone is 21. The molecule has 0 aromatic rings. The molecule has 0 spiro atoms. The smallest absolute Gasteiger partial charge is 0.306 e. The van der Waals surface area contributed by atoms with Crippen LogP contribution in [0.3, 0.4) is 0 Å². The van der Waals surface area contributed by atoms with E-state index in [0.717, 1.165) is 148 Å². The van der Waals surface area contributed by atoms with E-state index in [0.29, 0.717) is 12.8 Å². The molecule has 0 aromatic heterocycles. The van der Waals surface area contributed by atoms with E-state index in [1.54, 1.807) is 6.08 Å². The normalized spacial score (nSPS) is 19.3. The summed E-state index contributed by atoms with van der Waals surface area (Å²) in [5.74, 6) is -1.24. The summed E-state index contributed by atoms with van der Waals surface area (Å²) in [6.07, 6.45) is 74.8. The topological polar surface area (TPSA) is 175 Å². The third kappa shape index (κ3) is 47.5. The first-order valence-corrected chi connectivity index (χ1v) is 34.0. The lowest BCUT2D eigenvalue weighted by Crippen LogP contribution is -2.61. The Hall–Kier alpha value is -4.20. The van der Waals surface area contributed by atoms with Gasteiger partial charge in [0, 0.05) is 6.42 Å². The molecule has 1 saturated heterocycles. The number of carbonyl (C=O) groups is 2. The predicted molar refractivity (Wildman–Crippen MR) is 356 cm³/mol. The summed E-state index contributed by atoms with van der Waals surface area (Å²) in [5.41, 5.74) is 0. The highest BCUT2D eigenvalue weighted by Crippen LogP contribution is 2.26. The zero-order valence-corrected chi connectivity index (χ0v) is 53.7. The van der Waals surface area contributed by atoms with Gasteiger partial charge in [-0.15, -0.1) is 0 Å². The maximum Gasteiger partial charge on any atom is 0.306 e. The number of hydrogen-bond acceptors (Lipinski definition) is 10. The van der Waals surface area contributed by atoms with Gasteiger partial charge in [-0.25, -0.2) is 0 Å². The molecule has 85 heavy (non-hydrogen) atoms. The SMILES string of the molecule is CC/C=C\C/C=C\C/C=C\C/C=C\C/C=C\C/C=C\CCCCCC(O)C(=O)NC(COC1OC(CO)C(O)C(O)C1OC(=O)CCCCCCCCC/C=C\C/C=C\C/C=C\C/C=C\CCCCC)C(O)/C=C/CCCCCCCCCCC. The van der Waals surface area contributed by atoms with Crippen molar-refractivity contribution in [1.82, 2.24) is 5.32 Å². The van der Waals surface area contributed by atoms with E-state index in [-0.39, 0.29) is 19.4 Å². The van der Waals surface area contributed by atoms with Crippen molar-refractivity contribution in [3.63, 3.8) is 0 Å². The molecule has 8 unspecified atom stereocenters. The lowest BCUT2D eigenvalue weighted by Gasteiger charge is -2.41. The van der Waals surface area contributed by atoms with Gasteiger partial charge in [-0.3, -0.25) is 9.59 Å². The zero-order valence-electron chi connectivity index (χ0n) is 53.7. The Morgan fingerprint density at radius 1 is 0.471 bits per heavy atom. The number of unbranched alkanes of at least 4 members (excludes halogenated alkanes) is 22. The Morgan fingerprint density at radius 2 is 0.847 bits per heavy atom. The molecule has 1 rings (SSSR count). The standard InChI is InChI=1S/C74H123NO10/c1-4-7-10-13-16-19-22-24-26-28-30-32-34-36-38-40-42-44-47-50-53-56-59-62-69(79)85-72-71(81)70(80)68(63-76)84-74(72)83-64-65(66(77)60-57-54-51-48-45-21-18-15-12-9-6-3)75-73(82)67(78)61-58-55-52-49-46-43-41-39-37-35-33-31-29-27-25-23-20-17-14-11-8-5-2/h8,11,16-17,19-20,24-27,30-33,36-39,43,46,57,60,65-68,70-72,74,76-78,80-81H,4-7,9-10,12-15,18,21-23,28-29,34-35,40-42,44-45,47-56,58-59,61-64H2,1-3H3,(H,75,82)/b11-8-,19-16-,20-17-,26-24-,27-25-,32-30-,33-31-,38-36-,39-37-,46-43-,60-57+. The highest BCUT2D eigenvalue weighted by atomic mass is 16.7. The Bertz CT molecular complexity index is 1890. The van der Waals surface area contributed by atoms with Crippen molar-refractivity contribution in [3.8, 4) is 0 Å². The molecule has 0 radical (unpaired) electrons. The van der Waals surface area contributed by atoms with Gasteiger partial charge in [-0.05, 0) is 122 Å². The van der Waals surface area contributed by atoms with Crippen LogP contribution in [-0.2, 0) is 23.8 Å². The molecule has 11 heteroatoms. The molecule has 0 saturated carbocycles. The molecule has 1 amide bonds. The number of rotatable bonds is 56. The number of aliphatic hydroxyl groups excluding tert-OH is 5. The number of carbonyl (C=O) groups excluding carboxylic acids is 2. The number of hydrogen-bond donors (Lipinski definition) is 6. The Balaban J connectivity index is 2.64. The van der Waals surface area contributed by atoms with Crippen molar-refractivity contribution in [2.45, 2.75) is 307 Å². The minimum atomic E-state index is -1.63. The van der Waals surface area contributed by atoms with Crippen LogP contribution in [0.2, 0.25) is 0 Å². The van der Waals surface area contributed by atoms with Gasteiger partial charge in [-0.2, -0.15) is 0 Å². The van der Waals surface area contributed by atoms with E-state index in [4.69, 9.17) is 14.2 Å². The van der Waals surface area contributed by atoms with Gasteiger partial charge in [0.25, 0.3) is 0 Å². The minimum absolute atomic E-state index is 0.100. The number of amides is 1. The number of ether oxygens (including phenoxy) is 3. The van der Waals surface area contributed by atoms with E-state index in [2.05, 4.69) is 148 Å². The molecule has 1 aliphatic rings. The fourth-order valence-electron chi connectivity index (χ4n) is 9.70. The number of nitrogens with one attached hydrogen (secondary N) is 1. The second-order valence-corrected chi connectivity index (χ2v) is 22.8. The molecule has 0 bridgehead atoms. The van der Waals surface area contributed by atoms with E-state index >= 15 is 0 Å². The fourth-order valence-corrected chi connectivity index (χ4v) is 9.70. The Kier molecular flexibility index (Phi) is 55.7. The van der Waals surface area contributed by atoms with Crippen molar-refractivity contribution in [2.24, 2.45) is 0 Å². The van der Waals surface area contributed by atoms with Crippen molar-refractivity contribution in [1.29, 1.82) is 0 Å². The number of esters is 1. The Labute approximate surface area is 518 Å². The maximum atomic E-state index is 13.5. The lowest BCUT2D eigenvalue weighted by atomic mass is 9.99. The van der Waals surface area contributed by atoms with Gasteiger partial charge in [0.2, 0.25) is 5.91 Å². The molecule has 1 aliphatic heterocycles. The highest BCUT2D eigenvalue weighted by molar-refractivity contribution is 5.80. The monoisotopic (exact) mass is 1190 g/mol. The Morgan fingerprint density at radius 3 is 1.29 bits per heavy atom. The summed E-state index contributed by atoms with van der Waals surface area (Å²) in [7, 11) is 0. The van der Waals surface area contributed by atoms with E-state index in [1.807, 2.05) is 6.08 Å². The largest absolute Gasteiger partial charge is 0.454 e. The summed E-state index contributed by atoms with van der Waals surface area (Å²) in [5, 5.41) is 57.1.